The first-order valence-corrected chi connectivity index (χ1v) is 6.23. The van der Waals surface area contributed by atoms with E-state index in [1.165, 1.54) is 0 Å². The van der Waals surface area contributed by atoms with Crippen LogP contribution in [0.2, 0.25) is 0 Å². The zero-order chi connectivity index (χ0) is 12.7. The van der Waals surface area contributed by atoms with Crippen LogP contribution in [0.25, 0.3) is 22.6 Å². The summed E-state index contributed by atoms with van der Waals surface area (Å²) >= 11 is 2.21. The summed E-state index contributed by atoms with van der Waals surface area (Å²) in [7, 11) is 0. The molecular weight excluding hydrogens is 345 g/mol. The summed E-state index contributed by atoms with van der Waals surface area (Å²) in [5, 5.41) is 0. The number of fused-ring (bicyclic) bond motifs is 1. The first kappa shape index (κ1) is 11.2. The van der Waals surface area contributed by atoms with Gasteiger partial charge in [-0.2, -0.15) is 4.98 Å². The maximum absolute atomic E-state index is 11.7. The van der Waals surface area contributed by atoms with Crippen molar-refractivity contribution in [3.05, 3.63) is 38.2 Å². The van der Waals surface area contributed by atoms with E-state index in [0.717, 1.165) is 9.13 Å². The highest BCUT2D eigenvalue weighted by atomic mass is 127. The number of anilines is 1. The first-order chi connectivity index (χ1) is 8.65. The minimum absolute atomic E-state index is 0.0632. The van der Waals surface area contributed by atoms with E-state index in [1.54, 1.807) is 0 Å². The topological polar surface area (TPSA) is 100 Å². The highest BCUT2D eigenvalue weighted by Gasteiger charge is 2.11. The monoisotopic (exact) mass is 353 g/mol. The van der Waals surface area contributed by atoms with Crippen LogP contribution in [0.5, 0.6) is 0 Å². The van der Waals surface area contributed by atoms with E-state index < -0.39 is 0 Å². The Balaban J connectivity index is 2.30. The van der Waals surface area contributed by atoms with Crippen LogP contribution in [0.4, 0.5) is 5.95 Å². The number of aromatic amines is 2. The summed E-state index contributed by atoms with van der Waals surface area (Å²) < 4.78 is 1.04. The zero-order valence-electron chi connectivity index (χ0n) is 9.07. The van der Waals surface area contributed by atoms with Crippen LogP contribution in [-0.2, 0) is 0 Å². The van der Waals surface area contributed by atoms with Gasteiger partial charge in [-0.3, -0.25) is 9.78 Å². The molecule has 2 aromatic heterocycles. The third-order valence-corrected chi connectivity index (χ3v) is 3.45. The van der Waals surface area contributed by atoms with Crippen LogP contribution < -0.4 is 11.3 Å². The molecule has 0 aliphatic carbocycles. The van der Waals surface area contributed by atoms with Crippen LogP contribution in [0.3, 0.4) is 0 Å². The third-order valence-electron chi connectivity index (χ3n) is 2.51. The second kappa shape index (κ2) is 4.09. The number of nitrogens with one attached hydrogen (secondary N) is 2. The quantitative estimate of drug-likeness (QED) is 0.577. The van der Waals surface area contributed by atoms with Crippen molar-refractivity contribution in [3.63, 3.8) is 0 Å². The molecule has 3 rings (SSSR count). The summed E-state index contributed by atoms with van der Waals surface area (Å²) in [5.74, 6) is 0.673. The molecule has 7 heteroatoms. The van der Waals surface area contributed by atoms with Crippen molar-refractivity contribution in [2.45, 2.75) is 0 Å². The minimum Gasteiger partial charge on any atom is -0.369 e. The summed E-state index contributed by atoms with van der Waals surface area (Å²) in [5.41, 5.74) is 6.75. The average molecular weight is 353 g/mol. The van der Waals surface area contributed by atoms with E-state index in [2.05, 4.69) is 42.5 Å². The number of halogens is 1. The van der Waals surface area contributed by atoms with Crippen molar-refractivity contribution in [2.24, 2.45) is 0 Å². The number of imidazole rings is 1. The van der Waals surface area contributed by atoms with E-state index in [1.807, 2.05) is 24.3 Å². The van der Waals surface area contributed by atoms with Gasteiger partial charge in [0.15, 0.2) is 11.2 Å². The predicted octanol–water partition coefficient (Wildman–Crippen LogP) is 1.50. The number of hydrogen-bond donors (Lipinski definition) is 3. The smallest absolute Gasteiger partial charge is 0.278 e. The standard InChI is InChI=1S/C11H8IN5O/c12-6-4-2-1-3-5(6)8-14-7-9(15-8)16-11(13)17-10(7)18/h1-4H,(H4,13,14,15,16,17,18). The number of hydrogen-bond acceptors (Lipinski definition) is 4. The SMILES string of the molecule is Nc1nc2nc(-c3ccccc3I)[nH]c2c(=O)[nH]1. The van der Waals surface area contributed by atoms with E-state index in [-0.39, 0.29) is 11.5 Å². The van der Waals surface area contributed by atoms with Gasteiger partial charge in [0.05, 0.1) is 0 Å². The van der Waals surface area contributed by atoms with Gasteiger partial charge in [-0.05, 0) is 28.7 Å². The van der Waals surface area contributed by atoms with Gasteiger partial charge >= 0.3 is 0 Å². The van der Waals surface area contributed by atoms with E-state index >= 15 is 0 Å². The molecule has 0 aliphatic rings. The van der Waals surface area contributed by atoms with E-state index in [9.17, 15) is 4.79 Å². The molecule has 0 spiro atoms. The van der Waals surface area contributed by atoms with Gasteiger partial charge in [-0.25, -0.2) is 4.98 Å². The molecule has 0 saturated carbocycles. The molecule has 0 unspecified atom stereocenters. The van der Waals surface area contributed by atoms with Crippen molar-refractivity contribution in [1.82, 2.24) is 19.9 Å². The van der Waals surface area contributed by atoms with Crippen LogP contribution in [0.1, 0.15) is 0 Å². The molecule has 1 aromatic carbocycles. The highest BCUT2D eigenvalue weighted by molar-refractivity contribution is 14.1. The number of H-pyrrole nitrogens is 2. The van der Waals surface area contributed by atoms with E-state index in [4.69, 9.17) is 5.73 Å². The Labute approximate surface area is 115 Å². The van der Waals surface area contributed by atoms with Gasteiger partial charge in [-0.1, -0.05) is 18.2 Å². The van der Waals surface area contributed by atoms with Gasteiger partial charge < -0.3 is 10.7 Å². The zero-order valence-corrected chi connectivity index (χ0v) is 11.2. The molecule has 0 aliphatic heterocycles. The summed E-state index contributed by atoms with van der Waals surface area (Å²) in [6.45, 7) is 0. The number of nitrogens with two attached hydrogens (primary N) is 1. The summed E-state index contributed by atoms with van der Waals surface area (Å²) in [4.78, 5) is 25.4. The Hall–Kier alpha value is -1.90. The predicted molar refractivity (Wildman–Crippen MR) is 77.1 cm³/mol. The lowest BCUT2D eigenvalue weighted by Gasteiger charge is -1.98. The molecular formula is C11H8IN5O. The van der Waals surface area contributed by atoms with Gasteiger partial charge in [0.2, 0.25) is 5.95 Å². The Bertz CT molecular complexity index is 791. The molecule has 0 bridgehead atoms. The molecule has 0 amide bonds. The fourth-order valence-corrected chi connectivity index (χ4v) is 2.35. The molecule has 3 aromatic rings. The Morgan fingerprint density at radius 3 is 2.72 bits per heavy atom. The molecule has 0 radical (unpaired) electrons. The minimum atomic E-state index is -0.317. The molecule has 2 heterocycles. The lowest BCUT2D eigenvalue weighted by atomic mass is 10.2. The van der Waals surface area contributed by atoms with Gasteiger partial charge in [0, 0.05) is 9.13 Å². The fourth-order valence-electron chi connectivity index (χ4n) is 1.70. The average Bonchev–Trinajstić information content (AvgIpc) is 2.73. The normalized spacial score (nSPS) is 10.9. The molecule has 0 fully saturated rings. The molecule has 0 saturated heterocycles. The van der Waals surface area contributed by atoms with E-state index in [0.29, 0.717) is 17.0 Å². The highest BCUT2D eigenvalue weighted by Crippen LogP contribution is 2.23. The van der Waals surface area contributed by atoms with Crippen LogP contribution >= 0.6 is 22.6 Å². The second-order valence-electron chi connectivity index (χ2n) is 3.72. The molecule has 6 nitrogen and oxygen atoms in total. The third kappa shape index (κ3) is 1.76. The summed E-state index contributed by atoms with van der Waals surface area (Å²) in [6.07, 6.45) is 0. The number of benzene rings is 1. The molecule has 4 N–H and O–H groups in total. The molecule has 18 heavy (non-hydrogen) atoms. The Kier molecular flexibility index (Phi) is 2.54. The lowest BCUT2D eigenvalue weighted by molar-refractivity contribution is 1.17. The van der Waals surface area contributed by atoms with Crippen molar-refractivity contribution < 1.29 is 0 Å². The van der Waals surface area contributed by atoms with Gasteiger partial charge in [0.1, 0.15) is 5.82 Å². The number of rotatable bonds is 1. The Morgan fingerprint density at radius 2 is 1.94 bits per heavy atom. The van der Waals surface area contributed by atoms with Crippen molar-refractivity contribution in [1.29, 1.82) is 0 Å². The second-order valence-corrected chi connectivity index (χ2v) is 4.88. The molecule has 90 valence electrons. The summed E-state index contributed by atoms with van der Waals surface area (Å²) in [6, 6.07) is 7.75. The number of nitrogen functional groups attached to an aromatic ring is 1. The van der Waals surface area contributed by atoms with Crippen molar-refractivity contribution in [3.8, 4) is 11.4 Å². The van der Waals surface area contributed by atoms with Crippen molar-refractivity contribution in [2.75, 3.05) is 5.73 Å². The number of nitrogens with zero attached hydrogens (tertiary/aromatic N) is 2. The fraction of sp³-hybridized carbons (Fsp3) is 0. The van der Waals surface area contributed by atoms with Crippen LogP contribution in [0.15, 0.2) is 29.1 Å². The van der Waals surface area contributed by atoms with Crippen LogP contribution in [-0.4, -0.2) is 19.9 Å². The molecule has 0 atom stereocenters. The lowest BCUT2D eigenvalue weighted by Crippen LogP contribution is -2.10. The first-order valence-electron chi connectivity index (χ1n) is 5.15. The van der Waals surface area contributed by atoms with Gasteiger partial charge in [-0.15, -0.1) is 0 Å². The maximum Gasteiger partial charge on any atom is 0.278 e. The maximum atomic E-state index is 11.7. The van der Waals surface area contributed by atoms with Crippen molar-refractivity contribution >= 4 is 39.7 Å². The van der Waals surface area contributed by atoms with Gasteiger partial charge in [0.25, 0.3) is 5.56 Å². The van der Waals surface area contributed by atoms with Crippen LogP contribution in [0, 0.1) is 3.57 Å². The number of aromatic nitrogens is 4. The Morgan fingerprint density at radius 1 is 1.17 bits per heavy atom. The largest absolute Gasteiger partial charge is 0.369 e.